The number of nitrogens with one attached hydrogen (secondary N) is 1. The number of nitrogens with zero attached hydrogens (tertiary/aromatic N) is 1. The van der Waals surface area contributed by atoms with Crippen LogP contribution in [0.25, 0.3) is 0 Å². The Kier molecular flexibility index (Phi) is 6.43. The monoisotopic (exact) mass is 300 g/mol. The third kappa shape index (κ3) is 5.16. The zero-order chi connectivity index (χ0) is 15.1. The zero-order valence-corrected chi connectivity index (χ0v) is 11.7. The predicted molar refractivity (Wildman–Crippen MR) is 75.8 cm³/mol. The molecule has 7 nitrogen and oxygen atoms in total. The minimum Gasteiger partial charge on any atom is -0.394 e. The number of carbonyl (C=O) groups is 1. The number of non-ortho nitro benzene ring substituents is 1. The maximum Gasteiger partial charge on any atom is 0.272 e. The van der Waals surface area contributed by atoms with Crippen LogP contribution in [0.2, 0.25) is 0 Å². The highest BCUT2D eigenvalue weighted by Gasteiger charge is 2.12. The maximum absolute atomic E-state index is 11.3. The fourth-order valence-electron chi connectivity index (χ4n) is 1.34. The van der Waals surface area contributed by atoms with Crippen LogP contribution in [0.1, 0.15) is 13.3 Å². The van der Waals surface area contributed by atoms with Gasteiger partial charge in [0.15, 0.2) is 0 Å². The van der Waals surface area contributed by atoms with Gasteiger partial charge in [-0.3, -0.25) is 14.9 Å². The largest absolute Gasteiger partial charge is 0.394 e. The Morgan fingerprint density at radius 1 is 1.50 bits per heavy atom. The topological polar surface area (TPSA) is 113 Å². The van der Waals surface area contributed by atoms with Gasteiger partial charge in [0, 0.05) is 34.9 Å². The molecule has 1 unspecified atom stereocenters. The molecule has 0 spiro atoms. The lowest BCUT2D eigenvalue weighted by molar-refractivity contribution is -0.385. The highest BCUT2D eigenvalue weighted by molar-refractivity contribution is 7.99. The summed E-state index contributed by atoms with van der Waals surface area (Å²) in [6.45, 7) is 1.31. The average molecular weight is 300 g/mol. The number of nitro benzene ring substituents is 1. The molecule has 0 fully saturated rings. The van der Waals surface area contributed by atoms with Crippen LogP contribution in [-0.2, 0) is 4.79 Å². The van der Waals surface area contributed by atoms with Crippen molar-refractivity contribution in [2.24, 2.45) is 0 Å². The van der Waals surface area contributed by atoms with E-state index in [0.29, 0.717) is 10.6 Å². The van der Waals surface area contributed by atoms with Crippen LogP contribution in [-0.4, -0.2) is 39.5 Å². The molecule has 0 bridgehead atoms. The van der Waals surface area contributed by atoms with Crippen molar-refractivity contribution in [3.8, 4) is 0 Å². The first-order chi connectivity index (χ1) is 9.46. The molecule has 110 valence electrons. The van der Waals surface area contributed by atoms with E-state index in [2.05, 4.69) is 5.32 Å². The van der Waals surface area contributed by atoms with E-state index in [9.17, 15) is 20.0 Å². The Balaban J connectivity index is 2.92. The number of anilines is 1. The van der Waals surface area contributed by atoms with Crippen molar-refractivity contribution in [1.29, 1.82) is 0 Å². The first-order valence-electron chi connectivity index (χ1n) is 5.97. The molecule has 0 aliphatic heterocycles. The van der Waals surface area contributed by atoms with E-state index in [1.807, 2.05) is 0 Å². The molecule has 8 heteroatoms. The minimum absolute atomic E-state index is 0.139. The normalized spacial score (nSPS) is 11.9. The molecule has 0 aliphatic rings. The Bertz CT molecular complexity index is 495. The van der Waals surface area contributed by atoms with Crippen LogP contribution >= 0.6 is 11.8 Å². The third-order valence-electron chi connectivity index (χ3n) is 2.36. The smallest absolute Gasteiger partial charge is 0.272 e. The SMILES string of the molecule is CCC(=O)Nc1cc(SCC(O)CO)cc([N+](=O)[O-])c1. The van der Waals surface area contributed by atoms with Gasteiger partial charge in [0.1, 0.15) is 0 Å². The summed E-state index contributed by atoms with van der Waals surface area (Å²) in [5.74, 6) is -0.0319. The van der Waals surface area contributed by atoms with E-state index in [1.54, 1.807) is 13.0 Å². The molecule has 0 heterocycles. The number of aliphatic hydroxyl groups excluding tert-OH is 2. The number of aliphatic hydroxyl groups is 2. The van der Waals surface area contributed by atoms with Gasteiger partial charge in [-0.1, -0.05) is 6.92 Å². The summed E-state index contributed by atoms with van der Waals surface area (Å²) in [6.07, 6.45) is -0.623. The number of benzene rings is 1. The van der Waals surface area contributed by atoms with Gasteiger partial charge >= 0.3 is 0 Å². The predicted octanol–water partition coefficient (Wildman–Crippen LogP) is 1.39. The number of rotatable bonds is 7. The first-order valence-corrected chi connectivity index (χ1v) is 6.95. The van der Waals surface area contributed by atoms with Crippen LogP contribution in [0.15, 0.2) is 23.1 Å². The number of amides is 1. The number of hydrogen-bond acceptors (Lipinski definition) is 6. The lowest BCUT2D eigenvalue weighted by atomic mass is 10.2. The van der Waals surface area contributed by atoms with E-state index in [-0.39, 0.29) is 30.4 Å². The molecular weight excluding hydrogens is 284 g/mol. The van der Waals surface area contributed by atoms with Crippen molar-refractivity contribution < 1.29 is 19.9 Å². The molecule has 1 atom stereocenters. The Morgan fingerprint density at radius 3 is 2.75 bits per heavy atom. The summed E-state index contributed by atoms with van der Waals surface area (Å²) >= 11 is 1.17. The minimum atomic E-state index is -0.895. The number of thioether (sulfide) groups is 1. The number of nitro groups is 1. The van der Waals surface area contributed by atoms with E-state index < -0.39 is 11.0 Å². The second-order valence-corrected chi connectivity index (χ2v) is 5.12. The average Bonchev–Trinajstić information content (AvgIpc) is 2.44. The zero-order valence-electron chi connectivity index (χ0n) is 10.9. The molecule has 0 aromatic heterocycles. The van der Waals surface area contributed by atoms with Gasteiger partial charge in [-0.05, 0) is 6.07 Å². The quantitative estimate of drug-likeness (QED) is 0.398. The molecular formula is C12H16N2O5S. The highest BCUT2D eigenvalue weighted by Crippen LogP contribution is 2.28. The molecule has 0 radical (unpaired) electrons. The third-order valence-corrected chi connectivity index (χ3v) is 3.48. The van der Waals surface area contributed by atoms with E-state index >= 15 is 0 Å². The molecule has 0 aliphatic carbocycles. The van der Waals surface area contributed by atoms with Gasteiger partial charge in [-0.25, -0.2) is 0 Å². The Hall–Kier alpha value is -1.64. The molecule has 1 aromatic carbocycles. The maximum atomic E-state index is 11.3. The van der Waals surface area contributed by atoms with Crippen LogP contribution in [0.3, 0.4) is 0 Å². The van der Waals surface area contributed by atoms with Crippen LogP contribution in [0.5, 0.6) is 0 Å². The van der Waals surface area contributed by atoms with Crippen molar-refractivity contribution in [2.75, 3.05) is 17.7 Å². The molecule has 0 saturated heterocycles. The first kappa shape index (κ1) is 16.4. The van der Waals surface area contributed by atoms with Gasteiger partial charge in [0.2, 0.25) is 5.91 Å². The van der Waals surface area contributed by atoms with Crippen LogP contribution in [0.4, 0.5) is 11.4 Å². The lowest BCUT2D eigenvalue weighted by Crippen LogP contribution is -2.14. The second kappa shape index (κ2) is 7.83. The summed E-state index contributed by atoms with van der Waals surface area (Å²) in [5.41, 5.74) is 0.201. The number of hydrogen-bond donors (Lipinski definition) is 3. The fraction of sp³-hybridized carbons (Fsp3) is 0.417. The highest BCUT2D eigenvalue weighted by atomic mass is 32.2. The van der Waals surface area contributed by atoms with Crippen molar-refractivity contribution in [2.45, 2.75) is 24.3 Å². The Labute approximate surface area is 120 Å². The summed E-state index contributed by atoms with van der Waals surface area (Å²) < 4.78 is 0. The van der Waals surface area contributed by atoms with Crippen molar-refractivity contribution in [3.05, 3.63) is 28.3 Å². The lowest BCUT2D eigenvalue weighted by Gasteiger charge is -2.09. The molecule has 1 rings (SSSR count). The van der Waals surface area contributed by atoms with Crippen LogP contribution in [0, 0.1) is 10.1 Å². The summed E-state index contributed by atoms with van der Waals surface area (Å²) in [4.78, 5) is 22.2. The standard InChI is InChI=1S/C12H16N2O5S/c1-2-12(17)13-8-3-9(14(18)19)5-11(4-8)20-7-10(16)6-15/h3-5,10,15-16H,2,6-7H2,1H3,(H,13,17). The van der Waals surface area contributed by atoms with Gasteiger partial charge in [0.05, 0.1) is 17.6 Å². The van der Waals surface area contributed by atoms with Gasteiger partial charge < -0.3 is 15.5 Å². The fourth-order valence-corrected chi connectivity index (χ4v) is 2.24. The molecule has 0 saturated carbocycles. The van der Waals surface area contributed by atoms with Crippen molar-refractivity contribution in [3.63, 3.8) is 0 Å². The Morgan fingerprint density at radius 2 is 2.20 bits per heavy atom. The van der Waals surface area contributed by atoms with Crippen molar-refractivity contribution in [1.82, 2.24) is 0 Å². The summed E-state index contributed by atoms with van der Waals surface area (Å²) in [6, 6.07) is 4.23. The van der Waals surface area contributed by atoms with E-state index in [1.165, 1.54) is 23.9 Å². The second-order valence-electron chi connectivity index (χ2n) is 4.02. The number of carbonyl (C=O) groups excluding carboxylic acids is 1. The summed E-state index contributed by atoms with van der Waals surface area (Å²) in [7, 11) is 0. The van der Waals surface area contributed by atoms with E-state index in [0.717, 1.165) is 0 Å². The molecule has 20 heavy (non-hydrogen) atoms. The summed E-state index contributed by atoms with van der Waals surface area (Å²) in [5, 5.41) is 31.4. The molecule has 3 N–H and O–H groups in total. The van der Waals surface area contributed by atoms with Gasteiger partial charge in [0.25, 0.3) is 5.69 Å². The van der Waals surface area contributed by atoms with Crippen LogP contribution < -0.4 is 5.32 Å². The molecule has 1 amide bonds. The van der Waals surface area contributed by atoms with Crippen molar-refractivity contribution >= 4 is 29.0 Å². The van der Waals surface area contributed by atoms with Gasteiger partial charge in [-0.15, -0.1) is 11.8 Å². The van der Waals surface area contributed by atoms with Gasteiger partial charge in [-0.2, -0.15) is 0 Å². The molecule has 1 aromatic rings. The van der Waals surface area contributed by atoms with E-state index in [4.69, 9.17) is 5.11 Å².